The molecule has 0 bridgehead atoms. The zero-order chi connectivity index (χ0) is 22.2. The van der Waals surface area contributed by atoms with Crippen molar-refractivity contribution in [2.45, 2.75) is 32.6 Å². The van der Waals surface area contributed by atoms with E-state index in [-0.39, 0.29) is 18.8 Å². The number of para-hydroxylation sites is 1. The van der Waals surface area contributed by atoms with Gasteiger partial charge < -0.3 is 14.8 Å². The molecule has 3 N–H and O–H groups in total. The second kappa shape index (κ2) is 10.6. The van der Waals surface area contributed by atoms with Crippen LogP contribution < -0.4 is 0 Å². The van der Waals surface area contributed by atoms with Gasteiger partial charge in [0.1, 0.15) is 0 Å². The van der Waals surface area contributed by atoms with Crippen molar-refractivity contribution < 1.29 is 19.4 Å². The molecule has 0 unspecified atom stereocenters. The molecule has 162 valence electrons. The van der Waals surface area contributed by atoms with E-state index in [0.717, 1.165) is 28.5 Å². The third-order valence-corrected chi connectivity index (χ3v) is 4.97. The lowest BCUT2D eigenvalue weighted by Crippen LogP contribution is -2.07. The van der Waals surface area contributed by atoms with E-state index in [4.69, 9.17) is 21.4 Å². The maximum Gasteiger partial charge on any atom is 0.311 e. The van der Waals surface area contributed by atoms with E-state index >= 15 is 0 Å². The highest BCUT2D eigenvalue weighted by atomic mass is 35.5. The van der Waals surface area contributed by atoms with E-state index < -0.39 is 5.97 Å². The zero-order valence-electron chi connectivity index (χ0n) is 17.2. The number of carbonyl (C=O) groups excluding carboxylic acids is 1. The number of aromatic amines is 2. The summed E-state index contributed by atoms with van der Waals surface area (Å²) in [4.78, 5) is 24.9. The highest BCUT2D eigenvalue weighted by Gasteiger charge is 2.10. The number of aromatic nitrogens is 3. The number of nitrogens with one attached hydrogen (secondary N) is 2. The van der Waals surface area contributed by atoms with E-state index in [1.54, 1.807) is 19.1 Å². The first-order valence-electron chi connectivity index (χ1n) is 10.0. The zero-order valence-corrected chi connectivity index (χ0v) is 17.9. The Hall–Kier alpha value is -3.32. The van der Waals surface area contributed by atoms with Gasteiger partial charge in [-0.3, -0.25) is 14.7 Å². The van der Waals surface area contributed by atoms with Gasteiger partial charge in [-0.25, -0.2) is 0 Å². The molecule has 0 saturated heterocycles. The molecule has 2 aromatic heterocycles. The molecule has 4 rings (SSSR count). The third kappa shape index (κ3) is 6.08. The Kier molecular flexibility index (Phi) is 7.67. The number of carbonyl (C=O) groups is 2. The molecule has 0 amide bonds. The van der Waals surface area contributed by atoms with E-state index in [0.29, 0.717) is 18.1 Å². The van der Waals surface area contributed by atoms with Crippen LogP contribution in [0.1, 0.15) is 31.0 Å². The Labute approximate surface area is 184 Å². The van der Waals surface area contributed by atoms with Gasteiger partial charge >= 0.3 is 11.9 Å². The fourth-order valence-electron chi connectivity index (χ4n) is 3.30. The van der Waals surface area contributed by atoms with E-state index in [2.05, 4.69) is 21.2 Å². The van der Waals surface area contributed by atoms with Gasteiger partial charge in [-0.05, 0) is 49.6 Å². The van der Waals surface area contributed by atoms with Crippen molar-refractivity contribution in [1.29, 1.82) is 0 Å². The topological polar surface area (TPSA) is 108 Å². The number of hydrogen-bond acceptors (Lipinski definition) is 4. The van der Waals surface area contributed by atoms with Crippen molar-refractivity contribution in [2.75, 3.05) is 6.61 Å². The number of nitrogens with zero attached hydrogens (tertiary/aromatic N) is 1. The number of halogens is 1. The van der Waals surface area contributed by atoms with Crippen molar-refractivity contribution in [1.82, 2.24) is 15.2 Å². The minimum absolute atomic E-state index is 0.185. The first kappa shape index (κ1) is 22.4. The molecule has 0 fully saturated rings. The standard InChI is InChI=1S/C12H13NO2.C11H11ClN2O2/c14-12(15)7-3-4-9-8-13-11-6-2-1-5-10(9)11;1-2-16-11(15)6-10-8-5-7(12)3-4-9(8)13-14-10/h1-2,5-6,8,13H,3-4,7H2,(H,14,15);3-5H,2,6H2,1H3,(H,13,14). The van der Waals surface area contributed by atoms with E-state index in [1.165, 1.54) is 10.9 Å². The summed E-state index contributed by atoms with van der Waals surface area (Å²) in [6, 6.07) is 13.4. The Bertz CT molecular complexity index is 1180. The number of carboxylic acid groups (broad SMARTS) is 1. The molecule has 0 saturated carbocycles. The van der Waals surface area contributed by atoms with Crippen LogP contribution in [0.4, 0.5) is 0 Å². The Morgan fingerprint density at radius 3 is 2.74 bits per heavy atom. The van der Waals surface area contributed by atoms with Gasteiger partial charge in [0.15, 0.2) is 0 Å². The molecule has 0 aliphatic heterocycles. The van der Waals surface area contributed by atoms with Gasteiger partial charge in [0.2, 0.25) is 0 Å². The van der Waals surface area contributed by atoms with Crippen LogP contribution in [-0.4, -0.2) is 38.8 Å². The van der Waals surface area contributed by atoms with Crippen LogP contribution in [0.25, 0.3) is 21.8 Å². The minimum atomic E-state index is -0.727. The number of aliphatic carboxylic acids is 1. The summed E-state index contributed by atoms with van der Waals surface area (Å²) in [5, 5.41) is 18.1. The molecule has 0 aliphatic rings. The SMILES string of the molecule is CCOC(=O)Cc1[nH]nc2ccc(Cl)cc12.O=C(O)CCCc1c[nH]c2ccccc12. The van der Waals surface area contributed by atoms with Crippen molar-refractivity contribution in [2.24, 2.45) is 0 Å². The summed E-state index contributed by atoms with van der Waals surface area (Å²) in [6.45, 7) is 2.16. The number of benzene rings is 2. The molecule has 0 spiro atoms. The summed E-state index contributed by atoms with van der Waals surface area (Å²) in [7, 11) is 0. The average molecular weight is 442 g/mol. The summed E-state index contributed by atoms with van der Waals surface area (Å²) < 4.78 is 4.87. The smallest absolute Gasteiger partial charge is 0.311 e. The number of fused-ring (bicyclic) bond motifs is 2. The number of carboxylic acids is 1. The number of H-pyrrole nitrogens is 2. The molecular formula is C23H24ClN3O4. The summed E-state index contributed by atoms with van der Waals surface area (Å²) in [5.41, 5.74) is 3.84. The number of rotatable bonds is 7. The fourth-order valence-corrected chi connectivity index (χ4v) is 3.47. The molecule has 31 heavy (non-hydrogen) atoms. The second-order valence-electron chi connectivity index (χ2n) is 6.95. The number of hydrogen-bond donors (Lipinski definition) is 3. The molecule has 2 heterocycles. The average Bonchev–Trinajstić information content (AvgIpc) is 3.33. The quantitative estimate of drug-likeness (QED) is 0.353. The van der Waals surface area contributed by atoms with Crippen molar-refractivity contribution in [3.05, 3.63) is 64.9 Å². The lowest BCUT2D eigenvalue weighted by atomic mass is 10.1. The van der Waals surface area contributed by atoms with Gasteiger partial charge in [0.05, 0.1) is 24.2 Å². The van der Waals surface area contributed by atoms with Crippen LogP contribution in [0.5, 0.6) is 0 Å². The Balaban J connectivity index is 0.000000176. The molecule has 7 nitrogen and oxygen atoms in total. The van der Waals surface area contributed by atoms with Crippen LogP contribution in [0.2, 0.25) is 5.02 Å². The molecule has 4 aromatic rings. The van der Waals surface area contributed by atoms with E-state index in [9.17, 15) is 9.59 Å². The summed E-state index contributed by atoms with van der Waals surface area (Å²) in [5.74, 6) is -0.997. The second-order valence-corrected chi connectivity index (χ2v) is 7.39. The fraction of sp³-hybridized carbons (Fsp3) is 0.261. The van der Waals surface area contributed by atoms with Crippen molar-refractivity contribution in [3.8, 4) is 0 Å². The minimum Gasteiger partial charge on any atom is -0.481 e. The first-order valence-corrected chi connectivity index (χ1v) is 10.4. The highest BCUT2D eigenvalue weighted by Crippen LogP contribution is 2.21. The molecule has 0 radical (unpaired) electrons. The highest BCUT2D eigenvalue weighted by molar-refractivity contribution is 6.31. The van der Waals surface area contributed by atoms with Crippen molar-refractivity contribution in [3.63, 3.8) is 0 Å². The number of aryl methyl sites for hydroxylation is 1. The summed E-state index contributed by atoms with van der Waals surface area (Å²) >= 11 is 5.89. The molecule has 2 aromatic carbocycles. The van der Waals surface area contributed by atoms with Gasteiger partial charge in [0, 0.05) is 33.9 Å². The van der Waals surface area contributed by atoms with Crippen LogP contribution in [-0.2, 0) is 27.2 Å². The predicted octanol–water partition coefficient (Wildman–Crippen LogP) is 4.90. The number of ether oxygens (including phenoxy) is 1. The molecule has 8 heteroatoms. The molecule has 0 aliphatic carbocycles. The lowest BCUT2D eigenvalue weighted by molar-refractivity contribution is -0.142. The van der Waals surface area contributed by atoms with Crippen molar-refractivity contribution >= 4 is 45.3 Å². The summed E-state index contributed by atoms with van der Waals surface area (Å²) in [6.07, 6.45) is 3.89. The third-order valence-electron chi connectivity index (χ3n) is 4.73. The van der Waals surface area contributed by atoms with Gasteiger partial charge in [0.25, 0.3) is 0 Å². The Morgan fingerprint density at radius 2 is 1.97 bits per heavy atom. The first-order chi connectivity index (χ1) is 15.0. The largest absolute Gasteiger partial charge is 0.481 e. The monoisotopic (exact) mass is 441 g/mol. The normalized spacial score (nSPS) is 10.6. The predicted molar refractivity (Wildman–Crippen MR) is 120 cm³/mol. The van der Waals surface area contributed by atoms with Gasteiger partial charge in [-0.15, -0.1) is 0 Å². The maximum absolute atomic E-state index is 11.3. The molecule has 0 atom stereocenters. The molecular weight excluding hydrogens is 418 g/mol. The van der Waals surface area contributed by atoms with Crippen LogP contribution in [0.15, 0.2) is 48.7 Å². The maximum atomic E-state index is 11.3. The van der Waals surface area contributed by atoms with E-state index in [1.807, 2.05) is 30.5 Å². The lowest BCUT2D eigenvalue weighted by Gasteiger charge is -2.00. The van der Waals surface area contributed by atoms with Crippen LogP contribution in [0.3, 0.4) is 0 Å². The van der Waals surface area contributed by atoms with Crippen LogP contribution >= 0.6 is 11.6 Å². The van der Waals surface area contributed by atoms with Gasteiger partial charge in [-0.2, -0.15) is 5.10 Å². The van der Waals surface area contributed by atoms with Gasteiger partial charge in [-0.1, -0.05) is 29.8 Å². The van der Waals surface area contributed by atoms with Crippen LogP contribution in [0, 0.1) is 0 Å². The number of esters is 1. The Morgan fingerprint density at radius 1 is 1.16 bits per heavy atom.